The van der Waals surface area contributed by atoms with E-state index < -0.39 is 0 Å². The zero-order valence-corrected chi connectivity index (χ0v) is 22.4. The van der Waals surface area contributed by atoms with Crippen LogP contribution >= 0.6 is 0 Å². The minimum atomic E-state index is -0.373. The van der Waals surface area contributed by atoms with Gasteiger partial charge in [0.2, 0.25) is 0 Å². The van der Waals surface area contributed by atoms with E-state index in [1.165, 1.54) is 0 Å². The summed E-state index contributed by atoms with van der Waals surface area (Å²) in [6, 6.07) is 16.1. The van der Waals surface area contributed by atoms with E-state index in [2.05, 4.69) is 10.6 Å². The van der Waals surface area contributed by atoms with Crippen LogP contribution in [0.5, 0.6) is 0 Å². The van der Waals surface area contributed by atoms with Gasteiger partial charge in [-0.05, 0) is 35.1 Å². The van der Waals surface area contributed by atoms with Gasteiger partial charge in [-0.2, -0.15) is 0 Å². The normalized spacial score (nSPS) is 11.4. The Bertz CT molecular complexity index is 854. The molecule has 0 aliphatic carbocycles. The molecule has 0 aliphatic rings. The molecule has 0 bridgehead atoms. The first kappa shape index (κ1) is 30.4. The maximum absolute atomic E-state index is 12.3. The Kier molecular flexibility index (Phi) is 13.9. The molecule has 204 valence electrons. The van der Waals surface area contributed by atoms with Crippen LogP contribution in [-0.2, 0) is 45.2 Å². The summed E-state index contributed by atoms with van der Waals surface area (Å²) in [7, 11) is 0. The molecule has 0 saturated carbocycles. The van der Waals surface area contributed by atoms with Crippen molar-refractivity contribution in [1.29, 1.82) is 0 Å². The first-order chi connectivity index (χ1) is 17.9. The van der Waals surface area contributed by atoms with Gasteiger partial charge in [-0.3, -0.25) is 9.59 Å². The number of nitrogens with two attached hydrogens (primary N) is 2. The smallest absolute Gasteiger partial charge is 0.307 e. The van der Waals surface area contributed by atoms with Crippen LogP contribution < -0.4 is 22.1 Å². The fourth-order valence-corrected chi connectivity index (χ4v) is 3.74. The summed E-state index contributed by atoms with van der Waals surface area (Å²) in [5.74, 6) is -0.514. The molecule has 2 aromatic carbocycles. The van der Waals surface area contributed by atoms with Gasteiger partial charge in [0.15, 0.2) is 0 Å². The second-order valence-electron chi connectivity index (χ2n) is 9.42. The van der Waals surface area contributed by atoms with Crippen molar-refractivity contribution in [2.24, 2.45) is 16.9 Å². The van der Waals surface area contributed by atoms with Crippen LogP contribution in [0.25, 0.3) is 0 Å². The van der Waals surface area contributed by atoms with Crippen molar-refractivity contribution in [2.75, 3.05) is 26.3 Å². The van der Waals surface area contributed by atoms with Gasteiger partial charge in [-0.15, -0.1) is 0 Å². The van der Waals surface area contributed by atoms with E-state index in [1.807, 2.05) is 62.4 Å². The highest BCUT2D eigenvalue weighted by Crippen LogP contribution is 2.27. The van der Waals surface area contributed by atoms with Gasteiger partial charge in [-0.1, -0.05) is 62.4 Å². The van der Waals surface area contributed by atoms with Crippen LogP contribution in [0.4, 0.5) is 0 Å². The maximum atomic E-state index is 12.3. The zero-order valence-electron chi connectivity index (χ0n) is 22.4. The van der Waals surface area contributed by atoms with Crippen molar-refractivity contribution < 1.29 is 19.1 Å². The Morgan fingerprint density at radius 3 is 1.35 bits per heavy atom. The number of esters is 2. The number of carbonyl (C=O) groups excluding carboxylic acids is 2. The number of carbonyl (C=O) groups is 2. The molecule has 8 heteroatoms. The van der Waals surface area contributed by atoms with Crippen LogP contribution in [0, 0.1) is 5.41 Å². The lowest BCUT2D eigenvalue weighted by molar-refractivity contribution is -0.154. The van der Waals surface area contributed by atoms with Crippen LogP contribution in [-0.4, -0.2) is 38.2 Å². The minimum Gasteiger partial charge on any atom is -0.465 e. The summed E-state index contributed by atoms with van der Waals surface area (Å²) < 4.78 is 11.1. The topological polar surface area (TPSA) is 129 Å². The molecule has 0 heterocycles. The van der Waals surface area contributed by atoms with Gasteiger partial charge >= 0.3 is 11.9 Å². The number of benzene rings is 2. The summed E-state index contributed by atoms with van der Waals surface area (Å²) in [6.45, 7) is 8.00. The lowest BCUT2D eigenvalue weighted by Crippen LogP contribution is -2.34. The highest BCUT2D eigenvalue weighted by molar-refractivity contribution is 5.70. The fraction of sp³-hybridized carbons (Fsp3) is 0.517. The van der Waals surface area contributed by atoms with Gasteiger partial charge in [0, 0.05) is 44.7 Å². The summed E-state index contributed by atoms with van der Waals surface area (Å²) in [4.78, 5) is 24.6. The standard InChI is InChI=1S/C29H44N4O4/c1-3-29(4-2,21-36-27(34)13-15-32-19-25-9-5-23(17-30)6-10-25)22-37-28(35)14-16-33-20-26-11-7-24(18-31)8-12-26/h5-12,32-33H,3-4,13-22,30-31H2,1-2H3. The molecule has 8 nitrogen and oxygen atoms in total. The van der Waals surface area contributed by atoms with Crippen LogP contribution in [0.3, 0.4) is 0 Å². The predicted molar refractivity (Wildman–Crippen MR) is 146 cm³/mol. The van der Waals surface area contributed by atoms with Crippen molar-refractivity contribution in [2.45, 2.75) is 65.7 Å². The van der Waals surface area contributed by atoms with E-state index in [1.54, 1.807) is 0 Å². The molecule has 37 heavy (non-hydrogen) atoms. The fourth-order valence-electron chi connectivity index (χ4n) is 3.74. The Morgan fingerprint density at radius 2 is 1.03 bits per heavy atom. The van der Waals surface area contributed by atoms with Crippen molar-refractivity contribution in [3.05, 3.63) is 70.8 Å². The lowest BCUT2D eigenvalue weighted by Gasteiger charge is -2.30. The monoisotopic (exact) mass is 512 g/mol. The molecule has 6 N–H and O–H groups in total. The van der Waals surface area contributed by atoms with Crippen molar-refractivity contribution in [1.82, 2.24) is 10.6 Å². The second kappa shape index (κ2) is 16.9. The zero-order chi connectivity index (χ0) is 26.9. The summed E-state index contributed by atoms with van der Waals surface area (Å²) in [6.07, 6.45) is 2.06. The summed E-state index contributed by atoms with van der Waals surface area (Å²) in [5, 5.41) is 6.53. The quantitative estimate of drug-likeness (QED) is 0.177. The third-order valence-electron chi connectivity index (χ3n) is 6.77. The molecule has 0 saturated heterocycles. The number of rotatable bonds is 18. The van der Waals surface area contributed by atoms with Gasteiger partial charge < -0.3 is 31.6 Å². The molecular formula is C29H44N4O4. The van der Waals surface area contributed by atoms with Crippen molar-refractivity contribution >= 4 is 11.9 Å². The van der Waals surface area contributed by atoms with E-state index >= 15 is 0 Å². The number of ether oxygens (including phenoxy) is 2. The SMILES string of the molecule is CCC(CC)(COC(=O)CCNCc1ccc(CN)cc1)COC(=O)CCNCc1ccc(CN)cc1. The van der Waals surface area contributed by atoms with Gasteiger partial charge in [0.05, 0.1) is 12.8 Å². The minimum absolute atomic E-state index is 0.240. The number of hydrogen-bond acceptors (Lipinski definition) is 8. The summed E-state index contributed by atoms with van der Waals surface area (Å²) >= 11 is 0. The van der Waals surface area contributed by atoms with Gasteiger partial charge in [-0.25, -0.2) is 0 Å². The molecule has 0 spiro atoms. The molecule has 0 amide bonds. The van der Waals surface area contributed by atoms with Crippen molar-refractivity contribution in [3.63, 3.8) is 0 Å². The Balaban J connectivity index is 1.63. The molecule has 0 aromatic heterocycles. The summed E-state index contributed by atoms with van der Waals surface area (Å²) in [5.41, 5.74) is 15.3. The molecule has 0 atom stereocenters. The number of nitrogens with one attached hydrogen (secondary N) is 2. The van der Waals surface area contributed by atoms with E-state index in [4.69, 9.17) is 20.9 Å². The van der Waals surface area contributed by atoms with Crippen molar-refractivity contribution in [3.8, 4) is 0 Å². The Labute approximate surface area is 221 Å². The first-order valence-electron chi connectivity index (χ1n) is 13.2. The lowest BCUT2D eigenvalue weighted by atomic mass is 9.84. The third-order valence-corrected chi connectivity index (χ3v) is 6.77. The molecule has 2 rings (SSSR count). The van der Waals surface area contributed by atoms with Gasteiger partial charge in [0.1, 0.15) is 13.2 Å². The molecule has 2 aromatic rings. The molecule has 0 aliphatic heterocycles. The molecule has 0 fully saturated rings. The van der Waals surface area contributed by atoms with E-state index in [0.29, 0.717) is 39.3 Å². The highest BCUT2D eigenvalue weighted by atomic mass is 16.5. The van der Waals surface area contributed by atoms with E-state index in [0.717, 1.165) is 35.1 Å². The largest absolute Gasteiger partial charge is 0.465 e. The predicted octanol–water partition coefficient (Wildman–Crippen LogP) is 3.16. The Morgan fingerprint density at radius 1 is 0.676 bits per heavy atom. The maximum Gasteiger partial charge on any atom is 0.307 e. The van der Waals surface area contributed by atoms with Crippen LogP contribution in [0.2, 0.25) is 0 Å². The number of hydrogen-bond donors (Lipinski definition) is 4. The van der Waals surface area contributed by atoms with E-state index in [9.17, 15) is 9.59 Å². The highest BCUT2D eigenvalue weighted by Gasteiger charge is 2.30. The average Bonchev–Trinajstić information content (AvgIpc) is 2.94. The van der Waals surface area contributed by atoms with Gasteiger partial charge in [0.25, 0.3) is 0 Å². The molecule has 0 radical (unpaired) electrons. The first-order valence-corrected chi connectivity index (χ1v) is 13.2. The third kappa shape index (κ3) is 11.4. The average molecular weight is 513 g/mol. The van der Waals surface area contributed by atoms with Crippen LogP contribution in [0.15, 0.2) is 48.5 Å². The molecule has 0 unspecified atom stereocenters. The van der Waals surface area contributed by atoms with Crippen LogP contribution in [0.1, 0.15) is 61.8 Å². The second-order valence-corrected chi connectivity index (χ2v) is 9.42. The molecular weight excluding hydrogens is 468 g/mol. The Hall–Kier alpha value is -2.78. The van der Waals surface area contributed by atoms with E-state index in [-0.39, 0.29) is 43.4 Å².